The number of carboxylic acids is 1. The average molecular weight is 315 g/mol. The van der Waals surface area contributed by atoms with Gasteiger partial charge in [0.15, 0.2) is 0 Å². The number of rotatable bonds is 6. The standard InChI is InChI=1S/C17H17NO5/c19-14-8-6-13(7-9-14)11-23-17(22)18-15(16(20)21)10-12-4-2-1-3-5-12/h1-9,15,19H,10-11H2,(H,18,22)(H,20,21). The van der Waals surface area contributed by atoms with Crippen molar-refractivity contribution in [3.05, 3.63) is 65.7 Å². The summed E-state index contributed by atoms with van der Waals surface area (Å²) in [5.41, 5.74) is 1.49. The van der Waals surface area contributed by atoms with E-state index in [1.165, 1.54) is 12.1 Å². The van der Waals surface area contributed by atoms with Crippen molar-refractivity contribution in [2.24, 2.45) is 0 Å². The molecule has 6 nitrogen and oxygen atoms in total. The Hall–Kier alpha value is -3.02. The molecule has 0 aliphatic heterocycles. The summed E-state index contributed by atoms with van der Waals surface area (Å²) in [6, 6.07) is 14.1. The first-order valence-corrected chi connectivity index (χ1v) is 7.02. The molecule has 0 heterocycles. The number of carbonyl (C=O) groups excluding carboxylic acids is 1. The van der Waals surface area contributed by atoms with Crippen LogP contribution >= 0.6 is 0 Å². The maximum Gasteiger partial charge on any atom is 0.408 e. The van der Waals surface area contributed by atoms with Crippen LogP contribution in [-0.4, -0.2) is 28.3 Å². The van der Waals surface area contributed by atoms with E-state index in [0.717, 1.165) is 5.56 Å². The molecule has 0 spiro atoms. The zero-order chi connectivity index (χ0) is 16.7. The summed E-state index contributed by atoms with van der Waals surface area (Å²) in [4.78, 5) is 23.0. The number of nitrogens with one attached hydrogen (secondary N) is 1. The molecule has 120 valence electrons. The highest BCUT2D eigenvalue weighted by molar-refractivity contribution is 5.80. The van der Waals surface area contributed by atoms with Gasteiger partial charge in [-0.15, -0.1) is 0 Å². The summed E-state index contributed by atoms with van der Waals surface area (Å²) >= 11 is 0. The maximum atomic E-state index is 11.7. The van der Waals surface area contributed by atoms with E-state index in [0.29, 0.717) is 5.56 Å². The van der Waals surface area contributed by atoms with E-state index in [4.69, 9.17) is 9.84 Å². The number of benzene rings is 2. The van der Waals surface area contributed by atoms with Gasteiger partial charge in [0.05, 0.1) is 0 Å². The van der Waals surface area contributed by atoms with Gasteiger partial charge in [0.25, 0.3) is 0 Å². The first-order valence-electron chi connectivity index (χ1n) is 7.02. The van der Waals surface area contributed by atoms with Crippen LogP contribution in [0.1, 0.15) is 11.1 Å². The summed E-state index contributed by atoms with van der Waals surface area (Å²) < 4.78 is 4.99. The lowest BCUT2D eigenvalue weighted by molar-refractivity contribution is -0.139. The highest BCUT2D eigenvalue weighted by atomic mass is 16.5. The topological polar surface area (TPSA) is 95.9 Å². The number of alkyl carbamates (subject to hydrolysis) is 1. The summed E-state index contributed by atoms with van der Waals surface area (Å²) in [7, 11) is 0. The Labute approximate surface area is 133 Å². The number of carbonyl (C=O) groups is 2. The molecule has 0 radical (unpaired) electrons. The molecule has 0 fully saturated rings. The lowest BCUT2D eigenvalue weighted by Crippen LogP contribution is -2.42. The minimum Gasteiger partial charge on any atom is -0.508 e. The van der Waals surface area contributed by atoms with E-state index < -0.39 is 18.1 Å². The highest BCUT2D eigenvalue weighted by Gasteiger charge is 2.21. The molecule has 0 aliphatic carbocycles. The Bertz CT molecular complexity index is 654. The second kappa shape index (κ2) is 7.84. The summed E-state index contributed by atoms with van der Waals surface area (Å²) in [5, 5.41) is 20.7. The Morgan fingerprint density at radius 2 is 1.65 bits per heavy atom. The van der Waals surface area contributed by atoms with Gasteiger partial charge < -0.3 is 20.3 Å². The predicted octanol–water partition coefficient (Wildman–Crippen LogP) is 2.31. The molecule has 0 saturated heterocycles. The first kappa shape index (κ1) is 16.4. The minimum absolute atomic E-state index is 0.0101. The molecule has 0 aliphatic rings. The molecule has 0 saturated carbocycles. The van der Waals surface area contributed by atoms with Crippen molar-refractivity contribution in [2.45, 2.75) is 19.1 Å². The largest absolute Gasteiger partial charge is 0.508 e. The third kappa shape index (κ3) is 5.35. The molecule has 2 aromatic rings. The van der Waals surface area contributed by atoms with Gasteiger partial charge in [0.1, 0.15) is 18.4 Å². The predicted molar refractivity (Wildman–Crippen MR) is 83.0 cm³/mol. The van der Waals surface area contributed by atoms with Gasteiger partial charge >= 0.3 is 12.1 Å². The molecule has 2 aromatic carbocycles. The first-order chi connectivity index (χ1) is 11.0. The van der Waals surface area contributed by atoms with Crippen molar-refractivity contribution in [3.63, 3.8) is 0 Å². The van der Waals surface area contributed by atoms with Crippen molar-refractivity contribution < 1.29 is 24.5 Å². The Kier molecular flexibility index (Phi) is 5.57. The molecule has 1 atom stereocenters. The van der Waals surface area contributed by atoms with E-state index in [2.05, 4.69) is 5.32 Å². The number of ether oxygens (including phenoxy) is 1. The van der Waals surface area contributed by atoms with E-state index in [-0.39, 0.29) is 18.8 Å². The number of hydrogen-bond acceptors (Lipinski definition) is 4. The van der Waals surface area contributed by atoms with Gasteiger partial charge in [-0.1, -0.05) is 42.5 Å². The Morgan fingerprint density at radius 3 is 2.26 bits per heavy atom. The van der Waals surface area contributed by atoms with Crippen molar-refractivity contribution >= 4 is 12.1 Å². The second-order valence-electron chi connectivity index (χ2n) is 4.97. The van der Waals surface area contributed by atoms with Crippen LogP contribution in [0.5, 0.6) is 5.75 Å². The number of carboxylic acid groups (broad SMARTS) is 1. The third-order valence-electron chi connectivity index (χ3n) is 3.18. The van der Waals surface area contributed by atoms with E-state index in [1.54, 1.807) is 36.4 Å². The zero-order valence-corrected chi connectivity index (χ0v) is 12.3. The molecule has 1 amide bonds. The lowest BCUT2D eigenvalue weighted by Gasteiger charge is -2.14. The lowest BCUT2D eigenvalue weighted by atomic mass is 10.1. The number of phenols is 1. The minimum atomic E-state index is -1.13. The van der Waals surface area contributed by atoms with Crippen LogP contribution in [-0.2, 0) is 22.6 Å². The summed E-state index contributed by atoms with van der Waals surface area (Å²) in [5.74, 6) is -1.01. The molecule has 0 bridgehead atoms. The summed E-state index contributed by atoms with van der Waals surface area (Å²) in [6.07, 6.45) is -0.633. The van der Waals surface area contributed by atoms with Crippen LogP contribution in [0, 0.1) is 0 Å². The fraction of sp³-hybridized carbons (Fsp3) is 0.176. The van der Waals surface area contributed by atoms with Crippen LogP contribution < -0.4 is 5.32 Å². The number of aliphatic carboxylic acids is 1. The van der Waals surface area contributed by atoms with Crippen molar-refractivity contribution in [1.29, 1.82) is 0 Å². The molecule has 1 unspecified atom stereocenters. The van der Waals surface area contributed by atoms with Gasteiger partial charge in [-0.2, -0.15) is 0 Å². The van der Waals surface area contributed by atoms with Gasteiger partial charge in [0.2, 0.25) is 0 Å². The van der Waals surface area contributed by atoms with E-state index in [1.807, 2.05) is 6.07 Å². The summed E-state index contributed by atoms with van der Waals surface area (Å²) in [6.45, 7) is -0.0101. The molecule has 23 heavy (non-hydrogen) atoms. The molecule has 3 N–H and O–H groups in total. The molecule has 2 rings (SSSR count). The SMILES string of the molecule is O=C(NC(Cc1ccccc1)C(=O)O)OCc1ccc(O)cc1. The van der Waals surface area contributed by atoms with E-state index >= 15 is 0 Å². The van der Waals surface area contributed by atoms with Gasteiger partial charge in [-0.3, -0.25) is 0 Å². The third-order valence-corrected chi connectivity index (χ3v) is 3.18. The molecular weight excluding hydrogens is 298 g/mol. The van der Waals surface area contributed by atoms with Gasteiger partial charge in [-0.25, -0.2) is 9.59 Å². The van der Waals surface area contributed by atoms with Gasteiger partial charge in [0, 0.05) is 6.42 Å². The van der Waals surface area contributed by atoms with Gasteiger partial charge in [-0.05, 0) is 23.3 Å². The van der Waals surface area contributed by atoms with Crippen LogP contribution in [0.25, 0.3) is 0 Å². The van der Waals surface area contributed by atoms with Crippen molar-refractivity contribution in [1.82, 2.24) is 5.32 Å². The number of amides is 1. The average Bonchev–Trinajstić information content (AvgIpc) is 2.54. The normalized spacial score (nSPS) is 11.5. The van der Waals surface area contributed by atoms with Crippen LogP contribution in [0.4, 0.5) is 4.79 Å². The van der Waals surface area contributed by atoms with Crippen molar-refractivity contribution in [2.75, 3.05) is 0 Å². The highest BCUT2D eigenvalue weighted by Crippen LogP contribution is 2.10. The van der Waals surface area contributed by atoms with Crippen LogP contribution in [0.2, 0.25) is 0 Å². The Morgan fingerprint density at radius 1 is 1.00 bits per heavy atom. The number of phenolic OH excluding ortho intramolecular Hbond substituents is 1. The van der Waals surface area contributed by atoms with Crippen molar-refractivity contribution in [3.8, 4) is 5.75 Å². The fourth-order valence-corrected chi connectivity index (χ4v) is 1.97. The Balaban J connectivity index is 1.88. The quantitative estimate of drug-likeness (QED) is 0.760. The molecular formula is C17H17NO5. The van der Waals surface area contributed by atoms with Crippen LogP contribution in [0.3, 0.4) is 0 Å². The zero-order valence-electron chi connectivity index (χ0n) is 12.3. The molecule has 0 aromatic heterocycles. The number of aromatic hydroxyl groups is 1. The second-order valence-corrected chi connectivity index (χ2v) is 4.97. The van der Waals surface area contributed by atoms with E-state index in [9.17, 15) is 14.7 Å². The maximum absolute atomic E-state index is 11.7. The fourth-order valence-electron chi connectivity index (χ4n) is 1.97. The molecule has 6 heteroatoms. The smallest absolute Gasteiger partial charge is 0.408 e. The number of hydrogen-bond donors (Lipinski definition) is 3. The monoisotopic (exact) mass is 315 g/mol. The van der Waals surface area contributed by atoms with Crippen LogP contribution in [0.15, 0.2) is 54.6 Å².